The molecule has 3 heteroatoms. The second-order valence-corrected chi connectivity index (χ2v) is 5.52. The molecular formula is C18H17N3. The van der Waals surface area contributed by atoms with Gasteiger partial charge in [0.05, 0.1) is 5.69 Å². The summed E-state index contributed by atoms with van der Waals surface area (Å²) < 4.78 is 1.85. The smallest absolute Gasteiger partial charge is 0.148 e. The highest BCUT2D eigenvalue weighted by atomic mass is 15.0. The van der Waals surface area contributed by atoms with Crippen LogP contribution in [0.3, 0.4) is 0 Å². The summed E-state index contributed by atoms with van der Waals surface area (Å²) >= 11 is 0. The third-order valence-electron chi connectivity index (χ3n) is 3.73. The Kier molecular flexibility index (Phi) is 3.45. The number of nitrogens with zero attached hydrogens (tertiary/aromatic N) is 3. The molecule has 0 fully saturated rings. The van der Waals surface area contributed by atoms with E-state index in [1.807, 2.05) is 28.8 Å². The number of nitriles is 1. The minimum atomic E-state index is 0.531. The van der Waals surface area contributed by atoms with Gasteiger partial charge < -0.3 is 0 Å². The number of benzene rings is 1. The first kappa shape index (κ1) is 13.4. The normalized spacial score (nSPS) is 11.0. The zero-order chi connectivity index (χ0) is 14.8. The number of fused-ring (bicyclic) bond motifs is 1. The van der Waals surface area contributed by atoms with Crippen molar-refractivity contribution in [1.82, 2.24) is 9.38 Å². The van der Waals surface area contributed by atoms with Crippen LogP contribution in [-0.2, 0) is 6.42 Å². The summed E-state index contributed by atoms with van der Waals surface area (Å²) in [7, 11) is 0. The van der Waals surface area contributed by atoms with Gasteiger partial charge in [-0.15, -0.1) is 0 Å². The zero-order valence-electron chi connectivity index (χ0n) is 12.2. The molecule has 0 atom stereocenters. The van der Waals surface area contributed by atoms with Gasteiger partial charge >= 0.3 is 0 Å². The Morgan fingerprint density at radius 2 is 1.90 bits per heavy atom. The van der Waals surface area contributed by atoms with Gasteiger partial charge in [0.1, 0.15) is 17.4 Å². The summed E-state index contributed by atoms with van der Waals surface area (Å²) in [5, 5.41) is 9.39. The summed E-state index contributed by atoms with van der Waals surface area (Å²) in [6.07, 6.45) is 2.56. The highest BCUT2D eigenvalue weighted by Crippen LogP contribution is 2.19. The topological polar surface area (TPSA) is 41.1 Å². The fraction of sp³-hybridized carbons (Fsp3) is 0.222. The van der Waals surface area contributed by atoms with E-state index in [0.29, 0.717) is 18.0 Å². The molecule has 0 saturated carbocycles. The summed E-state index contributed by atoms with van der Waals surface area (Å²) in [4.78, 5) is 4.58. The molecule has 104 valence electrons. The number of hydrogen-bond acceptors (Lipinski definition) is 2. The van der Waals surface area contributed by atoms with E-state index in [0.717, 1.165) is 11.3 Å². The quantitative estimate of drug-likeness (QED) is 0.727. The maximum Gasteiger partial charge on any atom is 0.148 e. The monoisotopic (exact) mass is 275 g/mol. The van der Waals surface area contributed by atoms with Crippen molar-refractivity contribution in [2.45, 2.75) is 26.2 Å². The van der Waals surface area contributed by atoms with E-state index < -0.39 is 0 Å². The van der Waals surface area contributed by atoms with E-state index in [4.69, 9.17) is 0 Å². The second kappa shape index (κ2) is 5.41. The van der Waals surface area contributed by atoms with E-state index in [-0.39, 0.29) is 0 Å². The van der Waals surface area contributed by atoms with Crippen molar-refractivity contribution in [3.63, 3.8) is 0 Å². The SMILES string of the molecule is CC(C)c1ccc(Cc2nc3ccccn3c2C#N)cc1. The van der Waals surface area contributed by atoms with E-state index in [1.54, 1.807) is 0 Å². The fourth-order valence-electron chi connectivity index (χ4n) is 2.50. The highest BCUT2D eigenvalue weighted by Gasteiger charge is 2.11. The lowest BCUT2D eigenvalue weighted by molar-refractivity contribution is 0.865. The third-order valence-corrected chi connectivity index (χ3v) is 3.73. The van der Waals surface area contributed by atoms with Crippen LogP contribution in [0.15, 0.2) is 48.7 Å². The van der Waals surface area contributed by atoms with E-state index >= 15 is 0 Å². The van der Waals surface area contributed by atoms with Crippen LogP contribution in [0.2, 0.25) is 0 Å². The van der Waals surface area contributed by atoms with Crippen molar-refractivity contribution < 1.29 is 0 Å². The molecule has 21 heavy (non-hydrogen) atoms. The van der Waals surface area contributed by atoms with Crippen molar-refractivity contribution >= 4 is 5.65 Å². The van der Waals surface area contributed by atoms with Gasteiger partial charge in [-0.05, 0) is 29.2 Å². The average molecular weight is 275 g/mol. The molecule has 3 rings (SSSR count). The maximum absolute atomic E-state index is 9.39. The highest BCUT2D eigenvalue weighted by molar-refractivity contribution is 5.48. The molecular weight excluding hydrogens is 258 g/mol. The Morgan fingerprint density at radius 3 is 2.57 bits per heavy atom. The predicted octanol–water partition coefficient (Wildman–Crippen LogP) is 3.92. The van der Waals surface area contributed by atoms with Gasteiger partial charge in [-0.1, -0.05) is 44.2 Å². The van der Waals surface area contributed by atoms with Crippen LogP contribution in [0.25, 0.3) is 5.65 Å². The molecule has 3 nitrogen and oxygen atoms in total. The van der Waals surface area contributed by atoms with Gasteiger partial charge in [-0.2, -0.15) is 5.26 Å². The van der Waals surface area contributed by atoms with E-state index in [9.17, 15) is 5.26 Å². The lowest BCUT2D eigenvalue weighted by Crippen LogP contribution is -1.94. The Balaban J connectivity index is 1.96. The average Bonchev–Trinajstić information content (AvgIpc) is 2.84. The van der Waals surface area contributed by atoms with Crippen LogP contribution >= 0.6 is 0 Å². The lowest BCUT2D eigenvalue weighted by atomic mass is 10.00. The molecule has 0 bridgehead atoms. The van der Waals surface area contributed by atoms with Gasteiger partial charge in [-0.3, -0.25) is 4.40 Å². The van der Waals surface area contributed by atoms with Crippen LogP contribution in [0.5, 0.6) is 0 Å². The summed E-state index contributed by atoms with van der Waals surface area (Å²) in [5.74, 6) is 0.531. The first-order valence-corrected chi connectivity index (χ1v) is 7.14. The first-order valence-electron chi connectivity index (χ1n) is 7.14. The summed E-state index contributed by atoms with van der Waals surface area (Å²) in [6, 6.07) is 16.6. The number of rotatable bonds is 3. The zero-order valence-corrected chi connectivity index (χ0v) is 12.2. The van der Waals surface area contributed by atoms with Gasteiger partial charge in [-0.25, -0.2) is 4.98 Å². The molecule has 2 aromatic heterocycles. The number of aromatic nitrogens is 2. The largest absolute Gasteiger partial charge is 0.291 e. The molecule has 0 N–H and O–H groups in total. The number of hydrogen-bond donors (Lipinski definition) is 0. The Bertz CT molecular complexity index is 805. The van der Waals surface area contributed by atoms with Crippen LogP contribution in [0, 0.1) is 11.3 Å². The molecule has 0 unspecified atom stereocenters. The summed E-state index contributed by atoms with van der Waals surface area (Å²) in [5.41, 5.74) is 4.79. The van der Waals surface area contributed by atoms with E-state index in [1.165, 1.54) is 11.1 Å². The fourth-order valence-corrected chi connectivity index (χ4v) is 2.50. The van der Waals surface area contributed by atoms with Crippen LogP contribution in [-0.4, -0.2) is 9.38 Å². The third kappa shape index (κ3) is 2.53. The van der Waals surface area contributed by atoms with E-state index in [2.05, 4.69) is 49.2 Å². The van der Waals surface area contributed by atoms with Crippen molar-refractivity contribution in [1.29, 1.82) is 5.26 Å². The van der Waals surface area contributed by atoms with Gasteiger partial charge in [0, 0.05) is 12.6 Å². The van der Waals surface area contributed by atoms with Crippen LogP contribution < -0.4 is 0 Å². The Labute approximate surface area is 124 Å². The molecule has 2 heterocycles. The van der Waals surface area contributed by atoms with Gasteiger partial charge in [0.25, 0.3) is 0 Å². The molecule has 0 aliphatic heterocycles. The molecule has 0 spiro atoms. The number of pyridine rings is 1. The van der Waals surface area contributed by atoms with Crippen molar-refractivity contribution in [3.05, 3.63) is 71.2 Å². The Morgan fingerprint density at radius 1 is 1.14 bits per heavy atom. The predicted molar refractivity (Wildman–Crippen MR) is 83.2 cm³/mol. The van der Waals surface area contributed by atoms with Crippen LogP contribution in [0.4, 0.5) is 0 Å². The minimum absolute atomic E-state index is 0.531. The van der Waals surface area contributed by atoms with Gasteiger partial charge in [0.15, 0.2) is 0 Å². The summed E-state index contributed by atoms with van der Waals surface area (Å²) in [6.45, 7) is 4.37. The second-order valence-electron chi connectivity index (χ2n) is 5.52. The molecule has 0 radical (unpaired) electrons. The molecule has 1 aromatic carbocycles. The maximum atomic E-state index is 9.39. The van der Waals surface area contributed by atoms with Crippen LogP contribution in [0.1, 0.15) is 42.3 Å². The van der Waals surface area contributed by atoms with Crippen molar-refractivity contribution in [2.75, 3.05) is 0 Å². The first-order chi connectivity index (χ1) is 10.2. The molecule has 0 saturated heterocycles. The molecule has 0 amide bonds. The lowest BCUT2D eigenvalue weighted by Gasteiger charge is -2.06. The van der Waals surface area contributed by atoms with Gasteiger partial charge in [0.2, 0.25) is 0 Å². The van der Waals surface area contributed by atoms with Crippen molar-refractivity contribution in [2.24, 2.45) is 0 Å². The standard InChI is InChI=1S/C18H17N3/c1-13(2)15-8-6-14(7-9-15)11-16-17(12-19)21-10-4-3-5-18(21)20-16/h3-10,13H,11H2,1-2H3. The minimum Gasteiger partial charge on any atom is -0.291 e. The molecule has 3 aromatic rings. The molecule has 0 aliphatic rings. The number of imidazole rings is 1. The van der Waals surface area contributed by atoms with Crippen molar-refractivity contribution in [3.8, 4) is 6.07 Å². The molecule has 0 aliphatic carbocycles. The Hall–Kier alpha value is -2.60.